The molecule has 2 N–H and O–H groups in total. The summed E-state index contributed by atoms with van der Waals surface area (Å²) < 4.78 is 5.45. The zero-order valence-electron chi connectivity index (χ0n) is 11.9. The highest BCUT2D eigenvalue weighted by molar-refractivity contribution is 5.44. The van der Waals surface area contributed by atoms with Crippen LogP contribution >= 0.6 is 0 Å². The molecule has 0 amide bonds. The molecule has 0 unspecified atom stereocenters. The molecule has 0 bridgehead atoms. The molecule has 0 aliphatic heterocycles. The second-order valence-corrected chi connectivity index (χ2v) is 6.25. The van der Waals surface area contributed by atoms with Gasteiger partial charge in [-0.1, -0.05) is 46.8 Å². The molecule has 96 valence electrons. The van der Waals surface area contributed by atoms with Crippen LogP contribution in [0.4, 0.5) is 0 Å². The fraction of sp³-hybridized carbons (Fsp3) is 0.600. The van der Waals surface area contributed by atoms with Gasteiger partial charge in [-0.3, -0.25) is 0 Å². The van der Waals surface area contributed by atoms with Gasteiger partial charge in [-0.25, -0.2) is 0 Å². The summed E-state index contributed by atoms with van der Waals surface area (Å²) in [5.74, 6) is 0.924. The van der Waals surface area contributed by atoms with Gasteiger partial charge < -0.3 is 10.5 Å². The smallest absolute Gasteiger partial charge is 0.122 e. The van der Waals surface area contributed by atoms with Crippen molar-refractivity contribution in [2.24, 2.45) is 5.73 Å². The average Bonchev–Trinajstić information content (AvgIpc) is 2.27. The molecule has 0 aliphatic carbocycles. The predicted molar refractivity (Wildman–Crippen MR) is 73.8 cm³/mol. The highest BCUT2D eigenvalue weighted by Crippen LogP contribution is 2.34. The molecular formula is C15H25NO. The monoisotopic (exact) mass is 235 g/mol. The average molecular weight is 235 g/mol. The van der Waals surface area contributed by atoms with Crippen LogP contribution in [-0.4, -0.2) is 13.7 Å². The van der Waals surface area contributed by atoms with Crippen molar-refractivity contribution in [3.63, 3.8) is 0 Å². The van der Waals surface area contributed by atoms with Crippen molar-refractivity contribution in [3.8, 4) is 5.75 Å². The lowest BCUT2D eigenvalue weighted by molar-refractivity contribution is 0.392. The summed E-state index contributed by atoms with van der Waals surface area (Å²) >= 11 is 0. The largest absolute Gasteiger partial charge is 0.496 e. The van der Waals surface area contributed by atoms with Crippen LogP contribution in [0.15, 0.2) is 18.2 Å². The molecule has 0 radical (unpaired) electrons. The molecule has 0 fully saturated rings. The van der Waals surface area contributed by atoms with Gasteiger partial charge in [0, 0.05) is 17.5 Å². The Hall–Kier alpha value is -1.02. The van der Waals surface area contributed by atoms with Gasteiger partial charge in [0.2, 0.25) is 0 Å². The third kappa shape index (κ3) is 3.01. The molecule has 0 atom stereocenters. The molecule has 0 saturated heterocycles. The molecule has 0 spiro atoms. The van der Waals surface area contributed by atoms with Crippen LogP contribution in [0.1, 0.15) is 45.7 Å². The number of benzene rings is 1. The van der Waals surface area contributed by atoms with E-state index in [4.69, 9.17) is 10.5 Å². The lowest BCUT2D eigenvalue weighted by Crippen LogP contribution is -2.29. The van der Waals surface area contributed by atoms with Gasteiger partial charge in [-0.2, -0.15) is 0 Å². The quantitative estimate of drug-likeness (QED) is 0.873. The first kappa shape index (κ1) is 14.0. The Balaban J connectivity index is 3.35. The van der Waals surface area contributed by atoms with Gasteiger partial charge in [-0.15, -0.1) is 0 Å². The minimum Gasteiger partial charge on any atom is -0.496 e. The Labute approximate surface area is 105 Å². The SMILES string of the molecule is COc1ccc(C(C)(C)C)cc1C(C)(C)CN. The van der Waals surface area contributed by atoms with Crippen LogP contribution in [-0.2, 0) is 10.8 Å². The topological polar surface area (TPSA) is 35.2 Å². The van der Waals surface area contributed by atoms with Crippen molar-refractivity contribution in [1.29, 1.82) is 0 Å². The van der Waals surface area contributed by atoms with Crippen molar-refractivity contribution in [1.82, 2.24) is 0 Å². The number of rotatable bonds is 3. The molecule has 0 saturated carbocycles. The van der Waals surface area contributed by atoms with Crippen molar-refractivity contribution in [3.05, 3.63) is 29.3 Å². The Kier molecular flexibility index (Phi) is 3.88. The third-order valence-electron chi connectivity index (χ3n) is 3.30. The lowest BCUT2D eigenvalue weighted by Gasteiger charge is -2.28. The van der Waals surface area contributed by atoms with Crippen LogP contribution in [0, 0.1) is 0 Å². The first-order valence-electron chi connectivity index (χ1n) is 6.11. The second-order valence-electron chi connectivity index (χ2n) is 6.25. The first-order chi connectivity index (χ1) is 7.72. The molecule has 2 heteroatoms. The van der Waals surface area contributed by atoms with Crippen LogP contribution < -0.4 is 10.5 Å². The Morgan fingerprint density at radius 2 is 1.71 bits per heavy atom. The van der Waals surface area contributed by atoms with Crippen molar-refractivity contribution in [2.75, 3.05) is 13.7 Å². The van der Waals surface area contributed by atoms with Gasteiger partial charge >= 0.3 is 0 Å². The van der Waals surface area contributed by atoms with E-state index in [9.17, 15) is 0 Å². The molecular weight excluding hydrogens is 210 g/mol. The molecule has 0 aromatic heterocycles. The zero-order valence-corrected chi connectivity index (χ0v) is 11.9. The standard InChI is InChI=1S/C15H25NO/c1-14(2,3)11-7-8-13(17-6)12(9-11)15(4,5)10-16/h7-9H,10,16H2,1-6H3. The van der Waals surface area contributed by atoms with Crippen LogP contribution in [0.2, 0.25) is 0 Å². The molecule has 1 aromatic rings. The van der Waals surface area contributed by atoms with Gasteiger partial charge in [0.1, 0.15) is 5.75 Å². The van der Waals surface area contributed by atoms with Gasteiger partial charge in [0.05, 0.1) is 7.11 Å². The number of hydrogen-bond acceptors (Lipinski definition) is 2. The van der Waals surface area contributed by atoms with E-state index in [-0.39, 0.29) is 10.8 Å². The van der Waals surface area contributed by atoms with Crippen molar-refractivity contribution >= 4 is 0 Å². The van der Waals surface area contributed by atoms with E-state index in [1.54, 1.807) is 7.11 Å². The molecule has 17 heavy (non-hydrogen) atoms. The zero-order chi connectivity index (χ0) is 13.3. The lowest BCUT2D eigenvalue weighted by atomic mass is 9.79. The predicted octanol–water partition coefficient (Wildman–Crippen LogP) is 3.23. The number of hydrogen-bond donors (Lipinski definition) is 1. The third-order valence-corrected chi connectivity index (χ3v) is 3.30. The Morgan fingerprint density at radius 3 is 2.12 bits per heavy atom. The minimum atomic E-state index is -0.0629. The number of nitrogens with two attached hydrogens (primary N) is 1. The summed E-state index contributed by atoms with van der Waals surface area (Å²) in [6.07, 6.45) is 0. The first-order valence-corrected chi connectivity index (χ1v) is 6.11. The normalized spacial score (nSPS) is 12.6. The summed E-state index contributed by atoms with van der Waals surface area (Å²) in [7, 11) is 1.71. The van der Waals surface area contributed by atoms with Gasteiger partial charge in [-0.05, 0) is 17.0 Å². The molecule has 2 nitrogen and oxygen atoms in total. The van der Waals surface area contributed by atoms with Crippen LogP contribution in [0.5, 0.6) is 5.75 Å². The van der Waals surface area contributed by atoms with Crippen molar-refractivity contribution in [2.45, 2.75) is 45.4 Å². The molecule has 1 aromatic carbocycles. The van der Waals surface area contributed by atoms with E-state index in [0.29, 0.717) is 6.54 Å². The summed E-state index contributed by atoms with van der Waals surface area (Å²) in [5.41, 5.74) is 8.45. The Bertz CT molecular complexity index is 388. The summed E-state index contributed by atoms with van der Waals surface area (Å²) in [6, 6.07) is 6.41. The van der Waals surface area contributed by atoms with E-state index in [0.717, 1.165) is 5.75 Å². The maximum atomic E-state index is 5.87. The molecule has 0 heterocycles. The van der Waals surface area contributed by atoms with Crippen LogP contribution in [0.3, 0.4) is 0 Å². The van der Waals surface area contributed by atoms with Gasteiger partial charge in [0.15, 0.2) is 0 Å². The number of ether oxygens (including phenoxy) is 1. The maximum Gasteiger partial charge on any atom is 0.122 e. The fourth-order valence-electron chi connectivity index (χ4n) is 1.81. The fourth-order valence-corrected chi connectivity index (χ4v) is 1.81. The highest BCUT2D eigenvalue weighted by Gasteiger charge is 2.25. The van der Waals surface area contributed by atoms with E-state index in [2.05, 4.69) is 46.8 Å². The van der Waals surface area contributed by atoms with E-state index in [1.807, 2.05) is 6.07 Å². The molecule has 0 aliphatic rings. The van der Waals surface area contributed by atoms with Crippen LogP contribution in [0.25, 0.3) is 0 Å². The van der Waals surface area contributed by atoms with E-state index in [1.165, 1.54) is 11.1 Å². The minimum absolute atomic E-state index is 0.0629. The van der Waals surface area contributed by atoms with Gasteiger partial charge in [0.25, 0.3) is 0 Å². The number of methoxy groups -OCH3 is 1. The Morgan fingerprint density at radius 1 is 1.12 bits per heavy atom. The summed E-state index contributed by atoms with van der Waals surface area (Å²) in [4.78, 5) is 0. The molecule has 1 rings (SSSR count). The van der Waals surface area contributed by atoms with E-state index < -0.39 is 0 Å². The second kappa shape index (κ2) is 4.69. The summed E-state index contributed by atoms with van der Waals surface area (Å²) in [6.45, 7) is 11.6. The van der Waals surface area contributed by atoms with E-state index >= 15 is 0 Å². The summed E-state index contributed by atoms with van der Waals surface area (Å²) in [5, 5.41) is 0. The highest BCUT2D eigenvalue weighted by atomic mass is 16.5. The maximum absolute atomic E-state index is 5.87. The van der Waals surface area contributed by atoms with Crippen molar-refractivity contribution < 1.29 is 4.74 Å².